The van der Waals surface area contributed by atoms with E-state index in [0.717, 1.165) is 55.9 Å². The summed E-state index contributed by atoms with van der Waals surface area (Å²) in [5.41, 5.74) is 0.461. The third-order valence-electron chi connectivity index (χ3n) is 4.47. The maximum Gasteiger partial charge on any atom is 0.416 e. The van der Waals surface area contributed by atoms with Gasteiger partial charge in [-0.1, -0.05) is 12.1 Å². The average molecular weight is 307 g/mol. The van der Waals surface area contributed by atoms with Crippen LogP contribution in [0.3, 0.4) is 0 Å². The van der Waals surface area contributed by atoms with Crippen molar-refractivity contribution in [1.82, 2.24) is 4.90 Å². The summed E-state index contributed by atoms with van der Waals surface area (Å²) in [7, 11) is 0. The molecule has 0 aliphatic carbocycles. The van der Waals surface area contributed by atoms with E-state index in [1.807, 2.05) is 0 Å². The molecule has 0 amide bonds. The van der Waals surface area contributed by atoms with E-state index in [4.69, 9.17) is 0 Å². The summed E-state index contributed by atoms with van der Waals surface area (Å²) in [5.74, 6) is 0. The fourth-order valence-electron chi connectivity index (χ4n) is 3.16. The second-order valence-corrected chi connectivity index (χ2v) is 5.71. The van der Waals surface area contributed by atoms with Gasteiger partial charge in [0.1, 0.15) is 6.54 Å². The van der Waals surface area contributed by atoms with Gasteiger partial charge in [-0.05, 0) is 12.1 Å². The van der Waals surface area contributed by atoms with Gasteiger partial charge < -0.3 is 16.9 Å². The van der Waals surface area contributed by atoms with Crippen LogP contribution in [-0.2, 0) is 12.7 Å². The van der Waals surface area contributed by atoms with Gasteiger partial charge in [0.15, 0.2) is 0 Å². The molecule has 3 aliphatic rings. The summed E-state index contributed by atoms with van der Waals surface area (Å²) < 4.78 is 38.6. The summed E-state index contributed by atoms with van der Waals surface area (Å²) in [4.78, 5) is 2.47. The van der Waals surface area contributed by atoms with E-state index in [1.54, 1.807) is 12.1 Å². The summed E-state index contributed by atoms with van der Waals surface area (Å²) in [6, 6.07) is 5.68. The predicted octanol–water partition coefficient (Wildman–Crippen LogP) is -0.645. The molecule has 0 N–H and O–H groups in total. The Morgan fingerprint density at radius 1 is 0.950 bits per heavy atom. The molecule has 0 unspecified atom stereocenters. The van der Waals surface area contributed by atoms with Crippen molar-refractivity contribution >= 4 is 0 Å². The number of hydrogen-bond acceptors (Lipinski definition) is 1. The number of quaternary nitrogens is 1. The third-order valence-corrected chi connectivity index (χ3v) is 4.47. The summed E-state index contributed by atoms with van der Waals surface area (Å²) in [6.45, 7) is 7.62. The predicted molar refractivity (Wildman–Crippen MR) is 66.4 cm³/mol. The highest BCUT2D eigenvalue weighted by Crippen LogP contribution is 2.30. The molecule has 3 heterocycles. The molecule has 112 valence electrons. The number of benzene rings is 1. The molecule has 1 aromatic carbocycles. The van der Waals surface area contributed by atoms with Gasteiger partial charge in [-0.2, -0.15) is 13.2 Å². The zero-order valence-electron chi connectivity index (χ0n) is 11.2. The number of hydrogen-bond donors (Lipinski definition) is 0. The van der Waals surface area contributed by atoms with Crippen molar-refractivity contribution in [3.8, 4) is 0 Å². The van der Waals surface area contributed by atoms with Gasteiger partial charge in [0, 0.05) is 25.2 Å². The maximum atomic E-state index is 12.5. The molecule has 0 saturated carbocycles. The van der Waals surface area contributed by atoms with Gasteiger partial charge in [0.25, 0.3) is 0 Å². The standard InChI is InChI=1S/C14H18F3N2.ClH/c15-14(16,17)13-3-1-12(2-4-13)11-19-8-5-18(6-9-19)7-10-19;/h1-4H,5-11H2;1H/q+1;/p-1. The Morgan fingerprint density at radius 2 is 1.45 bits per heavy atom. The highest BCUT2D eigenvalue weighted by atomic mass is 35.5. The molecule has 0 spiro atoms. The minimum Gasteiger partial charge on any atom is -1.00 e. The van der Waals surface area contributed by atoms with E-state index in [-0.39, 0.29) is 12.4 Å². The first-order valence-electron chi connectivity index (χ1n) is 6.71. The highest BCUT2D eigenvalue weighted by molar-refractivity contribution is 5.24. The monoisotopic (exact) mass is 306 g/mol. The molecule has 3 fully saturated rings. The van der Waals surface area contributed by atoms with Crippen LogP contribution in [0.1, 0.15) is 11.1 Å². The van der Waals surface area contributed by atoms with Crippen molar-refractivity contribution in [2.45, 2.75) is 12.7 Å². The van der Waals surface area contributed by atoms with Crippen molar-refractivity contribution in [1.29, 1.82) is 0 Å². The topological polar surface area (TPSA) is 3.24 Å². The van der Waals surface area contributed by atoms with E-state index < -0.39 is 11.7 Å². The molecule has 3 saturated heterocycles. The molecule has 0 radical (unpaired) electrons. The molecule has 3 aliphatic heterocycles. The van der Waals surface area contributed by atoms with Crippen LogP contribution in [0, 0.1) is 0 Å². The SMILES string of the molecule is FC(F)(F)c1ccc(C[N+]23CCN(CC2)CC3)cc1.[Cl-]. The number of fused-ring (bicyclic) bond motifs is 3. The first kappa shape index (κ1) is 15.6. The van der Waals surface area contributed by atoms with Crippen LogP contribution in [-0.4, -0.2) is 48.7 Å². The number of rotatable bonds is 2. The lowest BCUT2D eigenvalue weighted by molar-refractivity contribution is -0.953. The minimum absolute atomic E-state index is 0. The van der Waals surface area contributed by atoms with Crippen LogP contribution in [0.15, 0.2) is 24.3 Å². The molecule has 2 nitrogen and oxygen atoms in total. The van der Waals surface area contributed by atoms with Crippen LogP contribution >= 0.6 is 0 Å². The Morgan fingerprint density at radius 3 is 1.90 bits per heavy atom. The summed E-state index contributed by atoms with van der Waals surface area (Å²) in [5, 5.41) is 0. The van der Waals surface area contributed by atoms with Gasteiger partial charge in [-0.3, -0.25) is 4.90 Å². The third kappa shape index (κ3) is 3.10. The number of halogens is 4. The number of piperazine rings is 3. The summed E-state index contributed by atoms with van der Waals surface area (Å²) in [6.07, 6.45) is -4.23. The van der Waals surface area contributed by atoms with E-state index >= 15 is 0 Å². The minimum atomic E-state index is -4.23. The smallest absolute Gasteiger partial charge is 0.416 e. The molecule has 6 heteroatoms. The second kappa shape index (κ2) is 5.54. The quantitative estimate of drug-likeness (QED) is 0.657. The number of nitrogens with zero attached hydrogens (tertiary/aromatic N) is 2. The summed E-state index contributed by atoms with van der Waals surface area (Å²) >= 11 is 0. The maximum absolute atomic E-state index is 12.5. The molecule has 1 aromatic rings. The first-order chi connectivity index (χ1) is 8.97. The lowest BCUT2D eigenvalue weighted by Crippen LogP contribution is -3.00. The number of alkyl halides is 3. The lowest BCUT2D eigenvalue weighted by Gasteiger charge is -2.50. The zero-order valence-corrected chi connectivity index (χ0v) is 11.9. The van der Waals surface area contributed by atoms with Gasteiger partial charge in [0.2, 0.25) is 0 Å². The molecule has 0 atom stereocenters. The highest BCUT2D eigenvalue weighted by Gasteiger charge is 2.38. The van der Waals surface area contributed by atoms with Gasteiger partial charge >= 0.3 is 6.18 Å². The lowest BCUT2D eigenvalue weighted by atomic mass is 10.1. The van der Waals surface area contributed by atoms with Crippen LogP contribution in [0.2, 0.25) is 0 Å². The molecule has 4 rings (SSSR count). The first-order valence-corrected chi connectivity index (χ1v) is 6.71. The van der Waals surface area contributed by atoms with E-state index in [2.05, 4.69) is 4.90 Å². The van der Waals surface area contributed by atoms with Crippen LogP contribution in [0.4, 0.5) is 13.2 Å². The van der Waals surface area contributed by atoms with Gasteiger partial charge in [-0.15, -0.1) is 0 Å². The molecular weight excluding hydrogens is 289 g/mol. The van der Waals surface area contributed by atoms with Crippen molar-refractivity contribution in [3.05, 3.63) is 35.4 Å². The van der Waals surface area contributed by atoms with Crippen molar-refractivity contribution < 1.29 is 30.1 Å². The van der Waals surface area contributed by atoms with Crippen LogP contribution in [0.25, 0.3) is 0 Å². The second-order valence-electron chi connectivity index (χ2n) is 5.71. The normalized spacial score (nSPS) is 29.1. The molecular formula is C14H18ClF3N2. The van der Waals surface area contributed by atoms with Crippen LogP contribution in [0.5, 0.6) is 0 Å². The average Bonchev–Trinajstić information content (AvgIpc) is 2.40. The fourth-order valence-corrected chi connectivity index (χ4v) is 3.16. The largest absolute Gasteiger partial charge is 1.00 e. The van der Waals surface area contributed by atoms with E-state index in [9.17, 15) is 13.2 Å². The molecule has 0 aromatic heterocycles. The van der Waals surface area contributed by atoms with Crippen molar-refractivity contribution in [2.75, 3.05) is 39.3 Å². The van der Waals surface area contributed by atoms with E-state index in [1.165, 1.54) is 12.1 Å². The Balaban J connectivity index is 0.00000147. The van der Waals surface area contributed by atoms with Crippen molar-refractivity contribution in [2.24, 2.45) is 0 Å². The molecule has 2 bridgehead atoms. The van der Waals surface area contributed by atoms with E-state index in [0.29, 0.717) is 0 Å². The Hall–Kier alpha value is -0.780. The van der Waals surface area contributed by atoms with Gasteiger partial charge in [-0.25, -0.2) is 0 Å². The van der Waals surface area contributed by atoms with Crippen LogP contribution < -0.4 is 12.4 Å². The Bertz CT molecular complexity index is 437. The van der Waals surface area contributed by atoms with Crippen molar-refractivity contribution in [3.63, 3.8) is 0 Å². The van der Waals surface area contributed by atoms with Gasteiger partial charge in [0.05, 0.1) is 25.2 Å². The Labute approximate surface area is 123 Å². The fraction of sp³-hybridized carbons (Fsp3) is 0.571. The Kier molecular flexibility index (Phi) is 4.33. The zero-order chi connectivity index (χ0) is 13.5. The molecule has 20 heavy (non-hydrogen) atoms.